The van der Waals surface area contributed by atoms with E-state index < -0.39 is 54.6 Å². The smallest absolute Gasteiger partial charge is 0.336 e. The first-order valence-electron chi connectivity index (χ1n) is 9.42. The minimum absolute atomic E-state index is 0.393. The summed E-state index contributed by atoms with van der Waals surface area (Å²) in [6.45, 7) is 2.94. The molecule has 9 nitrogen and oxygen atoms in total. The summed E-state index contributed by atoms with van der Waals surface area (Å²) in [6, 6.07) is 6.63. The van der Waals surface area contributed by atoms with Gasteiger partial charge < -0.3 is 39.1 Å². The van der Waals surface area contributed by atoms with Crippen LogP contribution in [0.15, 0.2) is 33.5 Å². The normalized spacial score (nSPS) is 32.2. The average molecular weight is 408 g/mol. The Hall–Kier alpha value is -2.01. The summed E-state index contributed by atoms with van der Waals surface area (Å²) in [7, 11) is 0. The third kappa shape index (κ3) is 3.54. The van der Waals surface area contributed by atoms with Crippen molar-refractivity contribution in [3.63, 3.8) is 0 Å². The molecule has 0 aliphatic carbocycles. The van der Waals surface area contributed by atoms with Crippen molar-refractivity contribution in [3.05, 3.63) is 40.2 Å². The van der Waals surface area contributed by atoms with E-state index in [4.69, 9.17) is 18.6 Å². The number of benzene rings is 1. The lowest BCUT2D eigenvalue weighted by Gasteiger charge is -2.43. The molecule has 2 aliphatic rings. The van der Waals surface area contributed by atoms with Crippen LogP contribution in [-0.2, 0) is 15.9 Å². The molecule has 1 saturated heterocycles. The van der Waals surface area contributed by atoms with Gasteiger partial charge in [0.25, 0.3) is 0 Å². The van der Waals surface area contributed by atoms with Gasteiger partial charge >= 0.3 is 5.63 Å². The molecule has 0 amide bonds. The van der Waals surface area contributed by atoms with Gasteiger partial charge in [-0.25, -0.2) is 4.79 Å². The highest BCUT2D eigenvalue weighted by Gasteiger charge is 2.48. The maximum absolute atomic E-state index is 11.6. The zero-order chi connectivity index (χ0) is 20.9. The van der Waals surface area contributed by atoms with Crippen molar-refractivity contribution in [3.8, 4) is 5.75 Å². The first-order chi connectivity index (χ1) is 13.7. The molecule has 1 fully saturated rings. The first-order valence-corrected chi connectivity index (χ1v) is 9.42. The molecule has 3 heterocycles. The van der Waals surface area contributed by atoms with Gasteiger partial charge in [0.15, 0.2) is 6.29 Å². The van der Waals surface area contributed by atoms with Crippen LogP contribution in [0.3, 0.4) is 0 Å². The molecule has 0 bridgehead atoms. The Morgan fingerprint density at radius 2 is 1.83 bits per heavy atom. The Morgan fingerprint density at radius 3 is 2.55 bits per heavy atom. The lowest BCUT2D eigenvalue weighted by molar-refractivity contribution is -0.329. The molecule has 0 radical (unpaired) electrons. The molecule has 2 aromatic rings. The minimum atomic E-state index is -1.53. The van der Waals surface area contributed by atoms with Gasteiger partial charge in [0.05, 0.1) is 6.61 Å². The van der Waals surface area contributed by atoms with E-state index >= 15 is 0 Å². The second kappa shape index (κ2) is 7.35. The van der Waals surface area contributed by atoms with Gasteiger partial charge in [-0.05, 0) is 32.0 Å². The predicted molar refractivity (Wildman–Crippen MR) is 99.5 cm³/mol. The second-order valence-corrected chi connectivity index (χ2v) is 7.94. The standard InChI is InChI=1S/C20H24O9/c1-20(2,29-19-17(25)16(24)15(23)12(8-21)27-19)13-7-10-11(26-13)5-3-9-4-6-14(22)28-18(9)10/h3-6,12-13,15-17,19,21,23-25H,7-8H2,1-2H3/t12-,13?,15-,16+,17-,19+/m1/s1. The highest BCUT2D eigenvalue weighted by Crippen LogP contribution is 2.39. The second-order valence-electron chi connectivity index (χ2n) is 7.94. The van der Waals surface area contributed by atoms with Crippen LogP contribution < -0.4 is 10.4 Å². The lowest BCUT2D eigenvalue weighted by atomic mass is 9.95. The third-order valence-corrected chi connectivity index (χ3v) is 5.55. The van der Waals surface area contributed by atoms with E-state index in [2.05, 4.69) is 0 Å². The van der Waals surface area contributed by atoms with Gasteiger partial charge in [-0.15, -0.1) is 0 Å². The van der Waals surface area contributed by atoms with Crippen molar-refractivity contribution >= 4 is 11.0 Å². The monoisotopic (exact) mass is 408 g/mol. The number of aliphatic hydroxyl groups is 4. The highest BCUT2D eigenvalue weighted by atomic mass is 16.7. The lowest BCUT2D eigenvalue weighted by Crippen LogP contribution is -2.61. The van der Waals surface area contributed by atoms with Crippen molar-refractivity contribution in [2.24, 2.45) is 0 Å². The molecule has 4 rings (SSSR count). The summed E-state index contributed by atoms with van der Waals surface area (Å²) < 4.78 is 22.7. The fourth-order valence-corrected chi connectivity index (χ4v) is 3.78. The predicted octanol–water partition coefficient (Wildman–Crippen LogP) is -0.308. The van der Waals surface area contributed by atoms with E-state index in [1.54, 1.807) is 32.0 Å². The maximum Gasteiger partial charge on any atom is 0.336 e. The number of rotatable bonds is 4. The van der Waals surface area contributed by atoms with E-state index in [0.29, 0.717) is 17.8 Å². The Morgan fingerprint density at radius 1 is 1.10 bits per heavy atom. The number of fused-ring (bicyclic) bond motifs is 3. The molecule has 1 aromatic carbocycles. The van der Waals surface area contributed by atoms with E-state index in [-0.39, 0.29) is 0 Å². The van der Waals surface area contributed by atoms with Gasteiger partial charge in [0.1, 0.15) is 47.5 Å². The van der Waals surface area contributed by atoms with Gasteiger partial charge in [-0.3, -0.25) is 0 Å². The van der Waals surface area contributed by atoms with E-state index in [1.165, 1.54) is 6.07 Å². The van der Waals surface area contributed by atoms with Crippen molar-refractivity contribution in [2.45, 2.75) is 62.7 Å². The van der Waals surface area contributed by atoms with Crippen molar-refractivity contribution < 1.29 is 39.1 Å². The Labute approximate surface area is 166 Å². The summed E-state index contributed by atoms with van der Waals surface area (Å²) >= 11 is 0. The van der Waals surface area contributed by atoms with Crippen LogP contribution >= 0.6 is 0 Å². The largest absolute Gasteiger partial charge is 0.487 e. The summed E-state index contributed by atoms with van der Waals surface area (Å²) in [6.07, 6.45) is -6.93. The highest BCUT2D eigenvalue weighted by molar-refractivity contribution is 5.82. The quantitative estimate of drug-likeness (QED) is 0.502. The molecule has 9 heteroatoms. The van der Waals surface area contributed by atoms with Crippen molar-refractivity contribution in [2.75, 3.05) is 6.61 Å². The molecular weight excluding hydrogens is 384 g/mol. The summed E-state index contributed by atoms with van der Waals surface area (Å²) in [5.41, 5.74) is -0.239. The van der Waals surface area contributed by atoms with Crippen LogP contribution in [0.1, 0.15) is 19.4 Å². The van der Waals surface area contributed by atoms with Crippen LogP contribution in [-0.4, -0.2) is 69.4 Å². The molecule has 158 valence electrons. The zero-order valence-electron chi connectivity index (χ0n) is 16.0. The Balaban J connectivity index is 1.55. The maximum atomic E-state index is 11.6. The number of aliphatic hydroxyl groups excluding tert-OH is 4. The van der Waals surface area contributed by atoms with Crippen molar-refractivity contribution in [1.82, 2.24) is 0 Å². The number of ether oxygens (including phenoxy) is 3. The molecule has 0 spiro atoms. The molecule has 4 N–H and O–H groups in total. The molecule has 6 atom stereocenters. The van der Waals surface area contributed by atoms with Gasteiger partial charge in [0.2, 0.25) is 0 Å². The topological polar surface area (TPSA) is 139 Å². The van der Waals surface area contributed by atoms with Gasteiger partial charge in [0, 0.05) is 23.4 Å². The zero-order valence-corrected chi connectivity index (χ0v) is 16.0. The minimum Gasteiger partial charge on any atom is -0.487 e. The summed E-state index contributed by atoms with van der Waals surface area (Å²) in [4.78, 5) is 11.6. The molecular formula is C20H24O9. The summed E-state index contributed by atoms with van der Waals surface area (Å²) in [5.74, 6) is 0.572. The fourth-order valence-electron chi connectivity index (χ4n) is 3.78. The Kier molecular flexibility index (Phi) is 5.14. The first kappa shape index (κ1) is 20.3. The van der Waals surface area contributed by atoms with Crippen LogP contribution in [0.5, 0.6) is 5.75 Å². The number of hydrogen-bond acceptors (Lipinski definition) is 9. The van der Waals surface area contributed by atoms with Gasteiger partial charge in [-0.1, -0.05) is 0 Å². The number of hydrogen-bond donors (Lipinski definition) is 4. The fraction of sp³-hybridized carbons (Fsp3) is 0.550. The molecule has 1 unspecified atom stereocenters. The van der Waals surface area contributed by atoms with Crippen LogP contribution in [0.25, 0.3) is 11.0 Å². The molecule has 0 saturated carbocycles. The molecule has 29 heavy (non-hydrogen) atoms. The average Bonchev–Trinajstić information content (AvgIpc) is 3.14. The third-order valence-electron chi connectivity index (χ3n) is 5.55. The van der Waals surface area contributed by atoms with Crippen molar-refractivity contribution in [1.29, 1.82) is 0 Å². The van der Waals surface area contributed by atoms with E-state index in [9.17, 15) is 25.2 Å². The van der Waals surface area contributed by atoms with Gasteiger partial charge in [-0.2, -0.15) is 0 Å². The van der Waals surface area contributed by atoms with E-state index in [0.717, 1.165) is 10.9 Å². The van der Waals surface area contributed by atoms with Crippen LogP contribution in [0.2, 0.25) is 0 Å². The summed E-state index contributed by atoms with van der Waals surface area (Å²) in [5, 5.41) is 40.2. The van der Waals surface area contributed by atoms with Crippen LogP contribution in [0, 0.1) is 0 Å². The SMILES string of the molecule is CC(C)(O[C@@H]1O[C@H](CO)[C@@H](O)[C@H](O)[C@H]1O)C1Cc2c(ccc3ccc(=O)oc23)O1. The van der Waals surface area contributed by atoms with Crippen LogP contribution in [0.4, 0.5) is 0 Å². The molecule has 1 aromatic heterocycles. The molecule has 2 aliphatic heterocycles. The Bertz CT molecular complexity index is 951. The van der Waals surface area contributed by atoms with E-state index in [1.807, 2.05) is 0 Å².